The molecule has 0 saturated heterocycles. The van der Waals surface area contributed by atoms with Crippen molar-refractivity contribution in [2.45, 2.75) is 46.3 Å². The molecule has 1 aromatic carbocycles. The maximum Gasteiger partial charge on any atom is 0.408 e. The monoisotopic (exact) mass is 260 g/mol. The molecule has 1 rings (SSSR count). The molecule has 0 aliphatic rings. The lowest BCUT2D eigenvalue weighted by atomic mass is 10.0. The molecule has 0 bridgehead atoms. The van der Waals surface area contributed by atoms with Crippen LogP contribution >= 0.6 is 0 Å². The van der Waals surface area contributed by atoms with Gasteiger partial charge in [-0.2, -0.15) is 0 Å². The van der Waals surface area contributed by atoms with E-state index in [2.05, 4.69) is 10.2 Å². The summed E-state index contributed by atoms with van der Waals surface area (Å²) >= 11 is 0. The Morgan fingerprint density at radius 1 is 1.42 bits per heavy atom. The summed E-state index contributed by atoms with van der Waals surface area (Å²) in [6, 6.07) is 5.30. The number of nitrogens with zero attached hydrogens (tertiary/aromatic N) is 1. The number of benzene rings is 1. The minimum atomic E-state index is -0.517. The fraction of sp³-hybridized carbons (Fsp3) is 0.467. The molecule has 0 fully saturated rings. The van der Waals surface area contributed by atoms with Crippen LogP contribution < -0.4 is 5.32 Å². The van der Waals surface area contributed by atoms with E-state index in [1.54, 1.807) is 6.07 Å². The number of hydrogen-bond donors (Lipinski definition) is 1. The number of ether oxygens (including phenoxy) is 1. The second kappa shape index (κ2) is 5.75. The van der Waals surface area contributed by atoms with Crippen molar-refractivity contribution >= 4 is 11.8 Å². The van der Waals surface area contributed by atoms with E-state index in [0.717, 1.165) is 11.1 Å². The normalized spacial score (nSPS) is 12.4. The van der Waals surface area contributed by atoms with Gasteiger partial charge in [0.25, 0.3) is 0 Å². The third-order valence-electron chi connectivity index (χ3n) is 2.67. The van der Waals surface area contributed by atoms with Gasteiger partial charge in [0.2, 0.25) is 0 Å². The first kappa shape index (κ1) is 15.0. The van der Waals surface area contributed by atoms with E-state index < -0.39 is 11.7 Å². The summed E-state index contributed by atoms with van der Waals surface area (Å²) in [6.07, 6.45) is -0.451. The zero-order chi connectivity index (χ0) is 14.6. The predicted octanol–water partition coefficient (Wildman–Crippen LogP) is 4.13. The first-order chi connectivity index (χ1) is 8.74. The number of nitrogens with one attached hydrogen (secondary N) is 1. The van der Waals surface area contributed by atoms with Crippen LogP contribution in [0.5, 0.6) is 0 Å². The topological polar surface area (TPSA) is 42.7 Å². The fourth-order valence-corrected chi connectivity index (χ4v) is 1.79. The van der Waals surface area contributed by atoms with Crippen LogP contribution in [0.15, 0.2) is 18.2 Å². The molecule has 4 heteroatoms. The van der Waals surface area contributed by atoms with E-state index >= 15 is 0 Å². The Morgan fingerprint density at radius 3 is 2.58 bits per heavy atom. The van der Waals surface area contributed by atoms with Gasteiger partial charge in [-0.3, -0.25) is 0 Å². The molecule has 102 valence electrons. The van der Waals surface area contributed by atoms with E-state index in [0.29, 0.717) is 5.69 Å². The van der Waals surface area contributed by atoms with E-state index in [-0.39, 0.29) is 6.04 Å². The zero-order valence-corrected chi connectivity index (χ0v) is 12.1. The van der Waals surface area contributed by atoms with Crippen LogP contribution in [0.3, 0.4) is 0 Å². The van der Waals surface area contributed by atoms with Crippen LogP contribution in [-0.4, -0.2) is 11.7 Å². The Balaban J connectivity index is 2.82. The highest BCUT2D eigenvalue weighted by Gasteiger charge is 2.19. The lowest BCUT2D eigenvalue weighted by Gasteiger charge is -2.23. The van der Waals surface area contributed by atoms with Crippen LogP contribution in [0.1, 0.15) is 44.9 Å². The van der Waals surface area contributed by atoms with Crippen molar-refractivity contribution in [2.75, 3.05) is 0 Å². The largest absolute Gasteiger partial charge is 0.444 e. The van der Waals surface area contributed by atoms with Gasteiger partial charge >= 0.3 is 6.09 Å². The molecule has 4 nitrogen and oxygen atoms in total. The highest BCUT2D eigenvalue weighted by Crippen LogP contribution is 2.26. The maximum absolute atomic E-state index is 11.7. The Bertz CT molecular complexity index is 510. The van der Waals surface area contributed by atoms with Crippen LogP contribution in [0.2, 0.25) is 0 Å². The first-order valence-electron chi connectivity index (χ1n) is 6.21. The molecular weight excluding hydrogens is 240 g/mol. The van der Waals surface area contributed by atoms with Gasteiger partial charge in [0, 0.05) is 0 Å². The maximum atomic E-state index is 11.7. The Labute approximate surface area is 114 Å². The molecule has 0 heterocycles. The lowest BCUT2D eigenvalue weighted by Crippen LogP contribution is -2.34. The van der Waals surface area contributed by atoms with E-state index in [9.17, 15) is 4.79 Å². The van der Waals surface area contributed by atoms with Crippen molar-refractivity contribution in [2.24, 2.45) is 0 Å². The lowest BCUT2D eigenvalue weighted by molar-refractivity contribution is 0.0508. The fourth-order valence-electron chi connectivity index (χ4n) is 1.79. The van der Waals surface area contributed by atoms with Gasteiger partial charge in [-0.1, -0.05) is 18.2 Å². The SMILES string of the molecule is [C-]#[N+]c1cccc([C@@H](C)NC(=O)OC(C)(C)C)c1C. The molecular formula is C15H20N2O2. The summed E-state index contributed by atoms with van der Waals surface area (Å²) in [5.74, 6) is 0. The minimum Gasteiger partial charge on any atom is -0.444 e. The predicted molar refractivity (Wildman–Crippen MR) is 75.2 cm³/mol. The van der Waals surface area contributed by atoms with Crippen molar-refractivity contribution in [3.05, 3.63) is 40.7 Å². The number of hydrogen-bond acceptors (Lipinski definition) is 2. The molecule has 0 aliphatic carbocycles. The summed E-state index contributed by atoms with van der Waals surface area (Å²) in [5.41, 5.74) is 1.91. The van der Waals surface area contributed by atoms with Gasteiger partial charge in [0.05, 0.1) is 12.6 Å². The molecule has 0 radical (unpaired) electrons. The Morgan fingerprint density at radius 2 is 2.05 bits per heavy atom. The second-order valence-corrected chi connectivity index (χ2v) is 5.47. The summed E-state index contributed by atoms with van der Waals surface area (Å²) in [7, 11) is 0. The molecule has 19 heavy (non-hydrogen) atoms. The van der Waals surface area contributed by atoms with Crippen LogP contribution in [-0.2, 0) is 4.74 Å². The third kappa shape index (κ3) is 4.29. The van der Waals surface area contributed by atoms with Gasteiger partial charge < -0.3 is 10.1 Å². The molecule has 0 unspecified atom stereocenters. The molecule has 1 amide bonds. The van der Waals surface area contributed by atoms with Crippen LogP contribution in [0, 0.1) is 13.5 Å². The Kier molecular flexibility index (Phi) is 4.55. The molecule has 1 N–H and O–H groups in total. The summed E-state index contributed by atoms with van der Waals surface area (Å²) < 4.78 is 5.22. The number of rotatable bonds is 2. The highest BCUT2D eigenvalue weighted by atomic mass is 16.6. The average molecular weight is 260 g/mol. The van der Waals surface area contributed by atoms with Crippen LogP contribution in [0.4, 0.5) is 10.5 Å². The van der Waals surface area contributed by atoms with Gasteiger partial charge in [0.1, 0.15) is 5.60 Å². The van der Waals surface area contributed by atoms with Crippen molar-refractivity contribution in [1.29, 1.82) is 0 Å². The van der Waals surface area contributed by atoms with Gasteiger partial charge in [-0.25, -0.2) is 9.64 Å². The van der Waals surface area contributed by atoms with Crippen LogP contribution in [0.25, 0.3) is 4.85 Å². The molecule has 0 spiro atoms. The standard InChI is InChI=1S/C15H20N2O2/c1-10-12(8-7-9-13(10)16-6)11(2)17-14(18)19-15(3,4)5/h7-9,11H,1-5H3,(H,17,18)/t11-/m1/s1. The highest BCUT2D eigenvalue weighted by molar-refractivity contribution is 5.69. The van der Waals surface area contributed by atoms with Crippen molar-refractivity contribution in [3.8, 4) is 0 Å². The van der Waals surface area contributed by atoms with E-state index in [1.807, 2.05) is 46.8 Å². The molecule has 1 aromatic rings. The van der Waals surface area contributed by atoms with Gasteiger partial charge in [0.15, 0.2) is 5.69 Å². The number of carbonyl (C=O) groups is 1. The first-order valence-corrected chi connectivity index (χ1v) is 6.21. The van der Waals surface area contributed by atoms with E-state index in [1.165, 1.54) is 0 Å². The number of alkyl carbamates (subject to hydrolysis) is 1. The van der Waals surface area contributed by atoms with Crippen molar-refractivity contribution in [1.82, 2.24) is 5.32 Å². The summed E-state index contributed by atoms with van der Waals surface area (Å²) in [4.78, 5) is 15.2. The molecule has 0 saturated carbocycles. The number of amides is 1. The van der Waals surface area contributed by atoms with Crippen molar-refractivity contribution < 1.29 is 9.53 Å². The van der Waals surface area contributed by atoms with Gasteiger partial charge in [-0.05, 0) is 45.7 Å². The number of carbonyl (C=O) groups excluding carboxylic acids is 1. The van der Waals surface area contributed by atoms with Gasteiger partial charge in [-0.15, -0.1) is 0 Å². The second-order valence-electron chi connectivity index (χ2n) is 5.47. The summed E-state index contributed by atoms with van der Waals surface area (Å²) in [6.45, 7) is 16.3. The minimum absolute atomic E-state index is 0.198. The smallest absolute Gasteiger partial charge is 0.408 e. The summed E-state index contributed by atoms with van der Waals surface area (Å²) in [5, 5.41) is 2.78. The Hall–Kier alpha value is -2.02. The quantitative estimate of drug-likeness (QED) is 0.812. The molecule has 0 aliphatic heterocycles. The zero-order valence-electron chi connectivity index (χ0n) is 12.1. The van der Waals surface area contributed by atoms with E-state index in [4.69, 9.17) is 11.3 Å². The molecule has 1 atom stereocenters. The average Bonchev–Trinajstić information content (AvgIpc) is 2.26. The third-order valence-corrected chi connectivity index (χ3v) is 2.67. The van der Waals surface area contributed by atoms with Crippen molar-refractivity contribution in [3.63, 3.8) is 0 Å². The molecule has 0 aromatic heterocycles.